The number of rotatable bonds is 7. The van der Waals surface area contributed by atoms with Gasteiger partial charge in [-0.2, -0.15) is 13.9 Å². The number of carbonyl (C=O) groups is 1. The number of benzene rings is 2. The zero-order valence-corrected chi connectivity index (χ0v) is 15.5. The highest BCUT2D eigenvalue weighted by Gasteiger charge is 2.27. The van der Waals surface area contributed by atoms with Crippen molar-refractivity contribution < 1.29 is 23.0 Å². The van der Waals surface area contributed by atoms with Gasteiger partial charge in [0.1, 0.15) is 5.82 Å². The molecular weight excluding hydrogens is 382 g/mol. The van der Waals surface area contributed by atoms with Gasteiger partial charge in [-0.15, -0.1) is 0 Å². The molecule has 2 N–H and O–H groups in total. The molecule has 0 bridgehead atoms. The Hall–Kier alpha value is -3.49. The molecule has 7 nitrogen and oxygen atoms in total. The van der Waals surface area contributed by atoms with Crippen molar-refractivity contribution in [1.82, 2.24) is 15.2 Å². The van der Waals surface area contributed by atoms with Crippen LogP contribution in [0.4, 0.5) is 14.5 Å². The molecule has 150 valence electrons. The molecule has 0 radical (unpaired) electrons. The van der Waals surface area contributed by atoms with E-state index in [2.05, 4.69) is 25.2 Å². The van der Waals surface area contributed by atoms with Crippen molar-refractivity contribution >= 4 is 11.6 Å². The highest BCUT2D eigenvalue weighted by molar-refractivity contribution is 6.04. The smallest absolute Gasteiger partial charge is 0.387 e. The van der Waals surface area contributed by atoms with Gasteiger partial charge in [-0.3, -0.25) is 9.89 Å². The highest BCUT2D eigenvalue weighted by Crippen LogP contribution is 2.38. The van der Waals surface area contributed by atoms with Crippen LogP contribution >= 0.6 is 0 Å². The number of amides is 1. The average molecular weight is 400 g/mol. The summed E-state index contributed by atoms with van der Waals surface area (Å²) in [5.74, 6) is 1.40. The Bertz CT molecular complexity index is 1030. The number of hydrogen-bond acceptors (Lipinski definition) is 5. The number of aromatic nitrogens is 3. The quantitative estimate of drug-likeness (QED) is 0.620. The molecule has 1 saturated carbocycles. The van der Waals surface area contributed by atoms with Crippen LogP contribution in [0.3, 0.4) is 0 Å². The Labute approximate surface area is 165 Å². The fourth-order valence-electron chi connectivity index (χ4n) is 2.88. The van der Waals surface area contributed by atoms with Crippen molar-refractivity contribution in [2.75, 3.05) is 12.4 Å². The van der Waals surface area contributed by atoms with Crippen molar-refractivity contribution in [3.8, 4) is 22.9 Å². The summed E-state index contributed by atoms with van der Waals surface area (Å²) in [6.07, 6.45) is 2.24. The molecule has 29 heavy (non-hydrogen) atoms. The second-order valence-corrected chi connectivity index (χ2v) is 6.60. The monoisotopic (exact) mass is 400 g/mol. The van der Waals surface area contributed by atoms with Crippen molar-refractivity contribution in [2.24, 2.45) is 0 Å². The molecule has 1 aliphatic rings. The Kier molecular flexibility index (Phi) is 5.11. The molecule has 0 spiro atoms. The van der Waals surface area contributed by atoms with Crippen molar-refractivity contribution in [3.63, 3.8) is 0 Å². The van der Waals surface area contributed by atoms with Crippen LogP contribution in [0, 0.1) is 0 Å². The van der Waals surface area contributed by atoms with E-state index in [4.69, 9.17) is 4.74 Å². The molecule has 1 fully saturated rings. The largest absolute Gasteiger partial charge is 0.493 e. The second-order valence-electron chi connectivity index (χ2n) is 6.60. The summed E-state index contributed by atoms with van der Waals surface area (Å²) in [6, 6.07) is 11.1. The molecule has 1 aromatic heterocycles. The van der Waals surface area contributed by atoms with Gasteiger partial charge in [0.25, 0.3) is 5.91 Å². The lowest BCUT2D eigenvalue weighted by atomic mass is 10.1. The predicted octanol–water partition coefficient (Wildman–Crippen LogP) is 4.21. The minimum Gasteiger partial charge on any atom is -0.493 e. The third kappa shape index (κ3) is 4.34. The number of ether oxygens (including phenoxy) is 2. The summed E-state index contributed by atoms with van der Waals surface area (Å²) in [5.41, 5.74) is 1.56. The summed E-state index contributed by atoms with van der Waals surface area (Å²) >= 11 is 0. The van der Waals surface area contributed by atoms with Crippen LogP contribution in [0.5, 0.6) is 11.5 Å². The van der Waals surface area contributed by atoms with E-state index < -0.39 is 12.5 Å². The van der Waals surface area contributed by atoms with E-state index in [1.54, 1.807) is 18.2 Å². The van der Waals surface area contributed by atoms with Crippen LogP contribution in [0.2, 0.25) is 0 Å². The number of carbonyl (C=O) groups excluding carboxylic acids is 1. The molecule has 1 amide bonds. The Morgan fingerprint density at radius 1 is 1.21 bits per heavy atom. The lowest BCUT2D eigenvalue weighted by molar-refractivity contribution is -0.0512. The fraction of sp³-hybridized carbons (Fsp3) is 0.250. The van der Waals surface area contributed by atoms with Crippen LogP contribution in [-0.4, -0.2) is 34.8 Å². The van der Waals surface area contributed by atoms with Gasteiger partial charge in [0, 0.05) is 22.7 Å². The molecule has 0 unspecified atom stereocenters. The molecule has 0 atom stereocenters. The van der Waals surface area contributed by atoms with Gasteiger partial charge < -0.3 is 14.8 Å². The topological polar surface area (TPSA) is 89.1 Å². The zero-order valence-electron chi connectivity index (χ0n) is 15.5. The van der Waals surface area contributed by atoms with Gasteiger partial charge in [0.15, 0.2) is 17.3 Å². The van der Waals surface area contributed by atoms with Crippen LogP contribution in [-0.2, 0) is 0 Å². The number of anilines is 1. The van der Waals surface area contributed by atoms with E-state index >= 15 is 0 Å². The maximum atomic E-state index is 12.6. The van der Waals surface area contributed by atoms with Gasteiger partial charge in [-0.1, -0.05) is 12.1 Å². The lowest BCUT2D eigenvalue weighted by Crippen LogP contribution is -2.12. The SMILES string of the molecule is COc1cc(C(=O)Nc2cccc(-c3n[nH]c(C4CC4)n3)c2)ccc1OC(F)F. The molecule has 4 rings (SSSR count). The second kappa shape index (κ2) is 7.86. The van der Waals surface area contributed by atoms with E-state index in [1.165, 1.54) is 25.3 Å². The molecule has 1 aliphatic carbocycles. The first-order valence-corrected chi connectivity index (χ1v) is 9.00. The number of nitrogens with zero attached hydrogens (tertiary/aromatic N) is 2. The number of alkyl halides is 2. The fourth-order valence-corrected chi connectivity index (χ4v) is 2.88. The molecular formula is C20H18F2N4O3. The van der Waals surface area contributed by atoms with Gasteiger partial charge in [-0.05, 0) is 43.2 Å². The first-order chi connectivity index (χ1) is 14.0. The summed E-state index contributed by atoms with van der Waals surface area (Å²) < 4.78 is 34.3. The van der Waals surface area contributed by atoms with Crippen molar-refractivity contribution in [2.45, 2.75) is 25.4 Å². The average Bonchev–Trinajstić information content (AvgIpc) is 3.44. The number of methoxy groups -OCH3 is 1. The molecule has 2 aromatic carbocycles. The van der Waals surface area contributed by atoms with Crippen LogP contribution in [0.1, 0.15) is 34.9 Å². The highest BCUT2D eigenvalue weighted by atomic mass is 19.3. The van der Waals surface area contributed by atoms with E-state index in [9.17, 15) is 13.6 Å². The number of nitrogens with one attached hydrogen (secondary N) is 2. The summed E-state index contributed by atoms with van der Waals surface area (Å²) in [4.78, 5) is 17.1. The number of H-pyrrole nitrogens is 1. The third-order valence-electron chi connectivity index (χ3n) is 4.49. The third-order valence-corrected chi connectivity index (χ3v) is 4.49. The molecule has 3 aromatic rings. The summed E-state index contributed by atoms with van der Waals surface area (Å²) in [7, 11) is 1.31. The first-order valence-electron chi connectivity index (χ1n) is 9.00. The van der Waals surface area contributed by atoms with E-state index in [1.807, 2.05) is 6.07 Å². The maximum absolute atomic E-state index is 12.6. The number of aromatic amines is 1. The standard InChI is InChI=1S/C20H18F2N4O3/c1-28-16-10-13(7-8-15(16)29-20(21)22)19(27)23-14-4-2-3-12(9-14)18-24-17(25-26-18)11-5-6-11/h2-4,7-11,20H,5-6H2,1H3,(H,23,27)(H,24,25,26). The van der Waals surface area contributed by atoms with Gasteiger partial charge in [-0.25, -0.2) is 4.98 Å². The lowest BCUT2D eigenvalue weighted by Gasteiger charge is -2.12. The normalized spacial score (nSPS) is 13.4. The summed E-state index contributed by atoms with van der Waals surface area (Å²) in [6.45, 7) is -2.98. The predicted molar refractivity (Wildman–Crippen MR) is 101 cm³/mol. The van der Waals surface area contributed by atoms with Gasteiger partial charge in [0.2, 0.25) is 0 Å². The Morgan fingerprint density at radius 2 is 2.03 bits per heavy atom. The minimum atomic E-state index is -2.98. The Balaban J connectivity index is 1.50. The van der Waals surface area contributed by atoms with Crippen LogP contribution in [0.25, 0.3) is 11.4 Å². The van der Waals surface area contributed by atoms with E-state index in [0.717, 1.165) is 24.2 Å². The van der Waals surface area contributed by atoms with Crippen LogP contribution in [0.15, 0.2) is 42.5 Å². The summed E-state index contributed by atoms with van der Waals surface area (Å²) in [5, 5.41) is 9.97. The van der Waals surface area contributed by atoms with Crippen molar-refractivity contribution in [1.29, 1.82) is 0 Å². The number of hydrogen-bond donors (Lipinski definition) is 2. The van der Waals surface area contributed by atoms with Gasteiger partial charge in [0.05, 0.1) is 7.11 Å². The molecule has 0 saturated heterocycles. The molecule has 0 aliphatic heterocycles. The van der Waals surface area contributed by atoms with Crippen LogP contribution < -0.4 is 14.8 Å². The Morgan fingerprint density at radius 3 is 2.76 bits per heavy atom. The van der Waals surface area contributed by atoms with Crippen molar-refractivity contribution in [3.05, 3.63) is 53.9 Å². The zero-order chi connectivity index (χ0) is 20.4. The first kappa shape index (κ1) is 18.9. The minimum absolute atomic E-state index is 0.0417. The molecule has 9 heteroatoms. The number of halogens is 2. The molecule has 1 heterocycles. The van der Waals surface area contributed by atoms with E-state index in [-0.39, 0.29) is 17.1 Å². The van der Waals surface area contributed by atoms with E-state index in [0.29, 0.717) is 17.4 Å². The van der Waals surface area contributed by atoms with Gasteiger partial charge >= 0.3 is 6.61 Å². The maximum Gasteiger partial charge on any atom is 0.387 e.